The molecule has 15 heavy (non-hydrogen) atoms. The normalized spacial score (nSPS) is 11.2. The van der Waals surface area contributed by atoms with Crippen molar-refractivity contribution < 1.29 is 0 Å². The van der Waals surface area contributed by atoms with Gasteiger partial charge in [-0.2, -0.15) is 5.10 Å². The van der Waals surface area contributed by atoms with E-state index in [2.05, 4.69) is 20.5 Å². The fourth-order valence-corrected chi connectivity index (χ4v) is 1.41. The van der Waals surface area contributed by atoms with Gasteiger partial charge in [-0.25, -0.2) is 19.3 Å². The van der Waals surface area contributed by atoms with E-state index in [1.807, 2.05) is 19.9 Å². The molecule has 0 aliphatic rings. The molecule has 0 spiro atoms. The fourth-order valence-electron chi connectivity index (χ4n) is 1.41. The number of fused-ring (bicyclic) bond motifs is 1. The van der Waals surface area contributed by atoms with Crippen molar-refractivity contribution in [3.05, 3.63) is 22.2 Å². The van der Waals surface area contributed by atoms with Crippen LogP contribution in [0.2, 0.25) is 0 Å². The van der Waals surface area contributed by atoms with Gasteiger partial charge in [-0.3, -0.25) is 0 Å². The smallest absolute Gasteiger partial charge is 0.350 e. The lowest BCUT2D eigenvalue weighted by Crippen LogP contribution is -2.15. The molecule has 2 aromatic rings. The molecule has 0 radical (unpaired) electrons. The molecule has 6 nitrogen and oxygen atoms in total. The highest BCUT2D eigenvalue weighted by Gasteiger charge is 2.10. The van der Waals surface area contributed by atoms with Gasteiger partial charge in [-0.05, 0) is 5.92 Å². The zero-order valence-electron chi connectivity index (χ0n) is 8.90. The quantitative estimate of drug-likeness (QED) is 0.755. The molecule has 0 aromatic carbocycles. The summed E-state index contributed by atoms with van der Waals surface area (Å²) in [5.41, 5.74) is 1.21. The van der Waals surface area contributed by atoms with Crippen LogP contribution >= 0.6 is 0 Å². The molecule has 0 bridgehead atoms. The molecule has 0 saturated carbocycles. The fraction of sp³-hybridized carbons (Fsp3) is 0.444. The molecule has 0 fully saturated rings. The van der Waals surface area contributed by atoms with E-state index in [1.54, 1.807) is 7.05 Å². The van der Waals surface area contributed by atoms with Crippen molar-refractivity contribution in [2.45, 2.75) is 19.8 Å². The molecule has 2 N–H and O–H groups in total. The SMILES string of the molecule is CNc1nc(C(C)C)cc2n[nH]c(=O)n12. The van der Waals surface area contributed by atoms with E-state index in [1.165, 1.54) is 4.40 Å². The molecular formula is C9H13N5O. The molecular weight excluding hydrogens is 194 g/mol. The number of hydrogen-bond donors (Lipinski definition) is 2. The summed E-state index contributed by atoms with van der Waals surface area (Å²) in [5, 5.41) is 9.19. The highest BCUT2D eigenvalue weighted by Crippen LogP contribution is 2.15. The first-order valence-corrected chi connectivity index (χ1v) is 4.79. The van der Waals surface area contributed by atoms with Crippen LogP contribution in [0, 0.1) is 0 Å². The monoisotopic (exact) mass is 207 g/mol. The minimum Gasteiger partial charge on any atom is -0.358 e. The summed E-state index contributed by atoms with van der Waals surface area (Å²) in [4.78, 5) is 15.7. The Hall–Kier alpha value is -1.85. The van der Waals surface area contributed by atoms with Crippen LogP contribution in [0.25, 0.3) is 5.65 Å². The van der Waals surface area contributed by atoms with E-state index in [0.717, 1.165) is 5.69 Å². The number of nitrogens with zero attached hydrogens (tertiary/aromatic N) is 3. The Morgan fingerprint density at radius 1 is 1.53 bits per heavy atom. The number of anilines is 1. The summed E-state index contributed by atoms with van der Waals surface area (Å²) >= 11 is 0. The molecule has 6 heteroatoms. The van der Waals surface area contributed by atoms with Crippen LogP contribution < -0.4 is 11.0 Å². The average Bonchev–Trinajstić information content (AvgIpc) is 2.59. The number of H-pyrrole nitrogens is 1. The lowest BCUT2D eigenvalue weighted by molar-refractivity contribution is 0.812. The molecule has 2 heterocycles. The Kier molecular flexibility index (Phi) is 2.18. The van der Waals surface area contributed by atoms with Crippen molar-refractivity contribution in [1.82, 2.24) is 19.6 Å². The first kappa shape index (κ1) is 9.70. The summed E-state index contributed by atoms with van der Waals surface area (Å²) in [6.45, 7) is 4.09. The maximum atomic E-state index is 11.4. The van der Waals surface area contributed by atoms with Gasteiger partial charge < -0.3 is 5.32 Å². The minimum absolute atomic E-state index is 0.280. The molecule has 2 rings (SSSR count). The van der Waals surface area contributed by atoms with Gasteiger partial charge in [0, 0.05) is 13.1 Å². The molecule has 0 aliphatic heterocycles. The van der Waals surface area contributed by atoms with Crippen molar-refractivity contribution in [2.75, 3.05) is 12.4 Å². The van der Waals surface area contributed by atoms with Crippen LogP contribution in [0.15, 0.2) is 10.9 Å². The Bertz CT molecular complexity index is 539. The number of nitrogens with one attached hydrogen (secondary N) is 2. The van der Waals surface area contributed by atoms with Crippen LogP contribution in [-0.2, 0) is 0 Å². The zero-order chi connectivity index (χ0) is 11.0. The first-order valence-electron chi connectivity index (χ1n) is 4.79. The minimum atomic E-state index is -0.280. The summed E-state index contributed by atoms with van der Waals surface area (Å²) in [6, 6.07) is 1.81. The molecule has 0 unspecified atom stereocenters. The second kappa shape index (κ2) is 3.38. The topological polar surface area (TPSA) is 75.1 Å². The van der Waals surface area contributed by atoms with Gasteiger partial charge in [0.15, 0.2) is 5.65 Å². The third kappa shape index (κ3) is 1.47. The van der Waals surface area contributed by atoms with Gasteiger partial charge in [0.2, 0.25) is 5.95 Å². The molecule has 2 aromatic heterocycles. The summed E-state index contributed by atoms with van der Waals surface area (Å²) in [6.07, 6.45) is 0. The summed E-state index contributed by atoms with van der Waals surface area (Å²) < 4.78 is 1.41. The summed E-state index contributed by atoms with van der Waals surface area (Å²) in [7, 11) is 1.73. The highest BCUT2D eigenvalue weighted by molar-refractivity contribution is 5.46. The Balaban J connectivity index is 2.79. The second-order valence-corrected chi connectivity index (χ2v) is 3.63. The predicted octanol–water partition coefficient (Wildman–Crippen LogP) is 0.583. The Labute approximate surface area is 86.3 Å². The van der Waals surface area contributed by atoms with Crippen LogP contribution in [0.1, 0.15) is 25.5 Å². The Morgan fingerprint density at radius 2 is 2.27 bits per heavy atom. The van der Waals surface area contributed by atoms with Crippen molar-refractivity contribution >= 4 is 11.6 Å². The van der Waals surface area contributed by atoms with Crippen LogP contribution in [0.3, 0.4) is 0 Å². The first-order chi connectivity index (χ1) is 7.13. The molecule has 0 amide bonds. The molecule has 0 saturated heterocycles. The average molecular weight is 207 g/mol. The van der Waals surface area contributed by atoms with E-state index in [4.69, 9.17) is 0 Å². The van der Waals surface area contributed by atoms with Gasteiger partial charge in [0.25, 0.3) is 0 Å². The standard InChI is InChI=1S/C9H13N5O/c1-5(2)6-4-7-12-13-9(15)14(7)8(10-3)11-6/h4-5H,1-3H3,(H,10,11)(H,13,15). The van der Waals surface area contributed by atoms with Crippen LogP contribution in [0.4, 0.5) is 5.95 Å². The van der Waals surface area contributed by atoms with Crippen LogP contribution in [0.5, 0.6) is 0 Å². The highest BCUT2D eigenvalue weighted by atomic mass is 16.1. The summed E-state index contributed by atoms with van der Waals surface area (Å²) in [5.74, 6) is 0.809. The van der Waals surface area contributed by atoms with E-state index in [0.29, 0.717) is 17.5 Å². The lowest BCUT2D eigenvalue weighted by Gasteiger charge is -2.07. The zero-order valence-corrected chi connectivity index (χ0v) is 8.90. The number of hydrogen-bond acceptors (Lipinski definition) is 4. The Morgan fingerprint density at radius 3 is 2.87 bits per heavy atom. The maximum Gasteiger partial charge on any atom is 0.350 e. The third-order valence-corrected chi connectivity index (χ3v) is 2.24. The van der Waals surface area contributed by atoms with E-state index < -0.39 is 0 Å². The molecule has 0 atom stereocenters. The van der Waals surface area contributed by atoms with Gasteiger partial charge in [0.1, 0.15) is 0 Å². The number of aromatic amines is 1. The van der Waals surface area contributed by atoms with Gasteiger partial charge in [-0.15, -0.1) is 0 Å². The second-order valence-electron chi connectivity index (χ2n) is 3.63. The van der Waals surface area contributed by atoms with Crippen molar-refractivity contribution in [2.24, 2.45) is 0 Å². The number of rotatable bonds is 2. The molecule has 80 valence electrons. The van der Waals surface area contributed by atoms with Gasteiger partial charge >= 0.3 is 5.69 Å². The van der Waals surface area contributed by atoms with E-state index in [-0.39, 0.29) is 5.69 Å². The van der Waals surface area contributed by atoms with E-state index in [9.17, 15) is 4.79 Å². The third-order valence-electron chi connectivity index (χ3n) is 2.24. The van der Waals surface area contributed by atoms with Gasteiger partial charge in [0.05, 0.1) is 5.69 Å². The van der Waals surface area contributed by atoms with Crippen molar-refractivity contribution in [3.63, 3.8) is 0 Å². The predicted molar refractivity (Wildman–Crippen MR) is 57.2 cm³/mol. The lowest BCUT2D eigenvalue weighted by atomic mass is 10.1. The molecule has 0 aliphatic carbocycles. The largest absolute Gasteiger partial charge is 0.358 e. The van der Waals surface area contributed by atoms with Crippen molar-refractivity contribution in [3.8, 4) is 0 Å². The van der Waals surface area contributed by atoms with E-state index >= 15 is 0 Å². The number of aromatic nitrogens is 4. The van der Waals surface area contributed by atoms with Crippen molar-refractivity contribution in [1.29, 1.82) is 0 Å². The maximum absolute atomic E-state index is 11.4. The van der Waals surface area contributed by atoms with Gasteiger partial charge in [-0.1, -0.05) is 13.8 Å². The van der Waals surface area contributed by atoms with Crippen LogP contribution in [-0.4, -0.2) is 26.6 Å².